The summed E-state index contributed by atoms with van der Waals surface area (Å²) in [7, 11) is 0. The average molecular weight is 306 g/mol. The Balaban J connectivity index is 1.95. The molecule has 4 nitrogen and oxygen atoms in total. The molecule has 7 heteroatoms. The molecule has 0 aromatic heterocycles. The minimum Gasteiger partial charge on any atom is -0.493 e. The first-order valence-corrected chi connectivity index (χ1v) is 6.63. The molecule has 1 aromatic carbocycles. The fraction of sp³-hybridized carbons (Fsp3) is 0.571. The van der Waals surface area contributed by atoms with Crippen LogP contribution in [0.25, 0.3) is 0 Å². The van der Waals surface area contributed by atoms with Crippen molar-refractivity contribution in [3.05, 3.63) is 29.3 Å². The summed E-state index contributed by atoms with van der Waals surface area (Å²) in [6.45, 7) is 1.29. The van der Waals surface area contributed by atoms with Gasteiger partial charge >= 0.3 is 6.18 Å². The summed E-state index contributed by atoms with van der Waals surface area (Å²) < 4.78 is 54.1. The summed E-state index contributed by atoms with van der Waals surface area (Å²) in [5.41, 5.74) is -0.668. The number of hydrogen-bond acceptors (Lipinski definition) is 4. The smallest absolute Gasteiger partial charge is 0.416 e. The molecule has 0 radical (unpaired) electrons. The van der Waals surface area contributed by atoms with E-state index in [1.54, 1.807) is 0 Å². The number of aliphatic hydroxyl groups is 1. The molecule has 118 valence electrons. The van der Waals surface area contributed by atoms with Crippen LogP contribution >= 0.6 is 0 Å². The highest BCUT2D eigenvalue weighted by Crippen LogP contribution is 2.32. The average Bonchev–Trinajstić information content (AvgIpc) is 2.47. The van der Waals surface area contributed by atoms with E-state index < -0.39 is 18.3 Å². The molecule has 1 heterocycles. The van der Waals surface area contributed by atoms with E-state index in [-0.39, 0.29) is 24.0 Å². The highest BCUT2D eigenvalue weighted by molar-refractivity contribution is 5.35. The fourth-order valence-corrected chi connectivity index (χ4v) is 2.01. The normalized spacial score (nSPS) is 19.5. The Kier molecular flexibility index (Phi) is 5.44. The second-order valence-electron chi connectivity index (χ2n) is 4.73. The Labute approximate surface area is 120 Å². The van der Waals surface area contributed by atoms with Crippen molar-refractivity contribution < 1.29 is 32.5 Å². The van der Waals surface area contributed by atoms with Crippen molar-refractivity contribution in [3.63, 3.8) is 0 Å². The Morgan fingerprint density at radius 1 is 1.24 bits per heavy atom. The third-order valence-corrected chi connectivity index (χ3v) is 3.07. The van der Waals surface area contributed by atoms with Crippen LogP contribution in [0, 0.1) is 0 Å². The van der Waals surface area contributed by atoms with Crippen LogP contribution in [-0.4, -0.2) is 37.6 Å². The molecule has 1 unspecified atom stereocenters. The van der Waals surface area contributed by atoms with E-state index in [4.69, 9.17) is 19.3 Å². The summed E-state index contributed by atoms with van der Waals surface area (Å²) in [6.07, 6.45) is -4.03. The number of alkyl halides is 3. The Morgan fingerprint density at radius 2 is 2.05 bits per heavy atom. The van der Waals surface area contributed by atoms with Crippen LogP contribution in [0.1, 0.15) is 17.5 Å². The van der Waals surface area contributed by atoms with Gasteiger partial charge in [-0.15, -0.1) is 0 Å². The van der Waals surface area contributed by atoms with Crippen molar-refractivity contribution in [3.8, 4) is 5.75 Å². The van der Waals surface area contributed by atoms with Crippen molar-refractivity contribution >= 4 is 0 Å². The van der Waals surface area contributed by atoms with Gasteiger partial charge in [0, 0.05) is 6.42 Å². The van der Waals surface area contributed by atoms with Crippen LogP contribution in [0.3, 0.4) is 0 Å². The van der Waals surface area contributed by atoms with E-state index in [0.29, 0.717) is 26.2 Å². The molecule has 0 aliphatic carbocycles. The largest absolute Gasteiger partial charge is 0.493 e. The van der Waals surface area contributed by atoms with Gasteiger partial charge in [0.1, 0.15) is 5.75 Å². The van der Waals surface area contributed by atoms with Gasteiger partial charge in [-0.2, -0.15) is 13.2 Å². The van der Waals surface area contributed by atoms with Crippen LogP contribution < -0.4 is 4.74 Å². The van der Waals surface area contributed by atoms with E-state index in [1.165, 1.54) is 6.07 Å². The van der Waals surface area contributed by atoms with Crippen LogP contribution in [0.5, 0.6) is 5.75 Å². The molecule has 0 saturated carbocycles. The van der Waals surface area contributed by atoms with Gasteiger partial charge in [0.25, 0.3) is 0 Å². The van der Waals surface area contributed by atoms with Gasteiger partial charge in [-0.1, -0.05) is 0 Å². The van der Waals surface area contributed by atoms with E-state index in [0.717, 1.165) is 12.1 Å². The fourth-order valence-electron chi connectivity index (χ4n) is 2.01. The summed E-state index contributed by atoms with van der Waals surface area (Å²) >= 11 is 0. The van der Waals surface area contributed by atoms with Gasteiger partial charge < -0.3 is 19.3 Å². The Morgan fingerprint density at radius 3 is 2.67 bits per heavy atom. The first kappa shape index (κ1) is 16.1. The van der Waals surface area contributed by atoms with Crippen LogP contribution in [0.2, 0.25) is 0 Å². The molecule has 1 aliphatic heterocycles. The second kappa shape index (κ2) is 7.11. The summed E-state index contributed by atoms with van der Waals surface area (Å²) in [5, 5.41) is 9.02. The molecular formula is C14H17F3O4. The minimum atomic E-state index is -4.47. The molecule has 1 saturated heterocycles. The zero-order chi connectivity index (χ0) is 15.3. The van der Waals surface area contributed by atoms with Crippen molar-refractivity contribution in [2.24, 2.45) is 0 Å². The maximum Gasteiger partial charge on any atom is 0.416 e. The molecule has 2 rings (SSSR count). The van der Waals surface area contributed by atoms with Gasteiger partial charge in [-0.25, -0.2) is 0 Å². The molecule has 1 atom stereocenters. The Bertz CT molecular complexity index is 456. The first-order chi connectivity index (χ1) is 9.99. The molecule has 1 aromatic rings. The lowest BCUT2D eigenvalue weighted by molar-refractivity contribution is -0.137. The van der Waals surface area contributed by atoms with Crippen LogP contribution in [-0.2, 0) is 22.3 Å². The lowest BCUT2D eigenvalue weighted by atomic mass is 10.1. The van der Waals surface area contributed by atoms with Crippen LogP contribution in [0.15, 0.2) is 18.2 Å². The molecule has 1 N–H and O–H groups in total. The number of halogens is 3. The Hall–Kier alpha value is -1.31. The van der Waals surface area contributed by atoms with E-state index >= 15 is 0 Å². The number of rotatable bonds is 5. The third kappa shape index (κ3) is 4.87. The van der Waals surface area contributed by atoms with E-state index in [1.807, 2.05) is 0 Å². The van der Waals surface area contributed by atoms with Gasteiger partial charge in [0.05, 0.1) is 44.7 Å². The second-order valence-corrected chi connectivity index (χ2v) is 4.73. The molecule has 1 aliphatic rings. The molecule has 0 bridgehead atoms. The summed E-state index contributed by atoms with van der Waals surface area (Å²) in [6, 6.07) is 3.23. The third-order valence-electron chi connectivity index (χ3n) is 3.07. The molecule has 0 amide bonds. The molecular weight excluding hydrogens is 289 g/mol. The van der Waals surface area contributed by atoms with Crippen molar-refractivity contribution in [2.45, 2.75) is 25.3 Å². The molecule has 21 heavy (non-hydrogen) atoms. The monoisotopic (exact) mass is 306 g/mol. The predicted molar refractivity (Wildman–Crippen MR) is 68.0 cm³/mol. The van der Waals surface area contributed by atoms with E-state index in [2.05, 4.69) is 0 Å². The van der Waals surface area contributed by atoms with E-state index in [9.17, 15) is 13.2 Å². The molecule has 0 spiro atoms. The highest BCUT2D eigenvalue weighted by Gasteiger charge is 2.31. The topological polar surface area (TPSA) is 47.9 Å². The summed E-state index contributed by atoms with van der Waals surface area (Å²) in [4.78, 5) is 0. The minimum absolute atomic E-state index is 0.0885. The molecule has 1 fully saturated rings. The standard InChI is InChI=1S/C14H17F3O4/c15-14(16,17)11-5-10(8-18)6-13(7-11)20-2-1-12-9-19-3-4-21-12/h5-7,12,18H,1-4,8-9H2. The maximum absolute atomic E-state index is 12.7. The van der Waals surface area contributed by atoms with Crippen molar-refractivity contribution in [1.29, 1.82) is 0 Å². The van der Waals surface area contributed by atoms with Gasteiger partial charge in [-0.05, 0) is 23.8 Å². The van der Waals surface area contributed by atoms with Gasteiger partial charge in [0.2, 0.25) is 0 Å². The SMILES string of the molecule is OCc1cc(OCCC2COCCO2)cc(C(F)(F)F)c1. The highest BCUT2D eigenvalue weighted by atomic mass is 19.4. The van der Waals surface area contributed by atoms with Gasteiger partial charge in [0.15, 0.2) is 0 Å². The van der Waals surface area contributed by atoms with Gasteiger partial charge in [-0.3, -0.25) is 0 Å². The quantitative estimate of drug-likeness (QED) is 0.907. The van der Waals surface area contributed by atoms with Crippen molar-refractivity contribution in [2.75, 3.05) is 26.4 Å². The van der Waals surface area contributed by atoms with Crippen LogP contribution in [0.4, 0.5) is 13.2 Å². The first-order valence-electron chi connectivity index (χ1n) is 6.63. The lowest BCUT2D eigenvalue weighted by Crippen LogP contribution is -2.29. The zero-order valence-electron chi connectivity index (χ0n) is 11.4. The maximum atomic E-state index is 12.7. The predicted octanol–water partition coefficient (Wildman–Crippen LogP) is 2.38. The number of benzene rings is 1. The zero-order valence-corrected chi connectivity index (χ0v) is 11.4. The lowest BCUT2D eigenvalue weighted by Gasteiger charge is -2.23. The van der Waals surface area contributed by atoms with Crippen molar-refractivity contribution in [1.82, 2.24) is 0 Å². The number of ether oxygens (including phenoxy) is 3. The summed E-state index contributed by atoms with van der Waals surface area (Å²) in [5.74, 6) is 0.0885. The number of hydrogen-bond donors (Lipinski definition) is 1. The number of aliphatic hydroxyl groups excluding tert-OH is 1.